The van der Waals surface area contributed by atoms with Crippen molar-refractivity contribution in [2.75, 3.05) is 11.9 Å². The largest absolute Gasteiger partial charge is 0.505 e. The normalized spacial score (nSPS) is 13.5. The molecular weight excluding hydrogens is 815 g/mol. The Morgan fingerprint density at radius 1 is 0.800 bits per heavy atom. The average Bonchev–Trinajstić information content (AvgIpc) is 3.11. The first-order valence-electron chi connectivity index (χ1n) is 16.1. The monoisotopic (exact) mass is 845 g/mol. The number of fused-ring (bicyclic) bond motifs is 1. The molecule has 5 aromatic rings. The topological polar surface area (TPSA) is 201 Å². The van der Waals surface area contributed by atoms with Gasteiger partial charge >= 0.3 is 0 Å². The molecule has 0 aromatic heterocycles. The molecule has 55 heavy (non-hydrogen) atoms. The van der Waals surface area contributed by atoms with Crippen LogP contribution >= 0.6 is 23.2 Å². The fourth-order valence-corrected chi connectivity index (χ4v) is 7.87. The zero-order valence-electron chi connectivity index (χ0n) is 29.6. The predicted molar refractivity (Wildman–Crippen MR) is 210 cm³/mol. The van der Waals surface area contributed by atoms with Crippen LogP contribution in [0.1, 0.15) is 43.6 Å². The first-order chi connectivity index (χ1) is 25.2. The molecule has 13 nitrogen and oxygen atoms in total. The minimum Gasteiger partial charge on any atom is -0.505 e. The summed E-state index contributed by atoms with van der Waals surface area (Å²) < 4.78 is 81.5. The van der Waals surface area contributed by atoms with Crippen LogP contribution in [-0.2, 0) is 25.0 Å². The molecule has 0 bridgehead atoms. The third-order valence-corrected chi connectivity index (χ3v) is 10.9. The number of halogens is 2. The van der Waals surface area contributed by atoms with E-state index >= 15 is 0 Å². The molecule has 0 aliphatic heterocycles. The fraction of sp³-hybridized carbons (Fsp3) is 0.194. The molecule has 4 N–H and O–H groups in total. The summed E-state index contributed by atoms with van der Waals surface area (Å²) in [6.45, 7) is -0.612. The molecule has 0 unspecified atom stereocenters. The molecule has 5 aromatic carbocycles. The van der Waals surface area contributed by atoms with E-state index in [1.165, 1.54) is 49.1 Å². The summed E-state index contributed by atoms with van der Waals surface area (Å²) in [5.74, 6) is -0.469. The fourth-order valence-electron chi connectivity index (χ4n) is 6.08. The van der Waals surface area contributed by atoms with Crippen molar-refractivity contribution in [3.63, 3.8) is 0 Å². The molecule has 1 saturated carbocycles. The summed E-state index contributed by atoms with van der Waals surface area (Å²) in [7, 11) is -10.3. The van der Waals surface area contributed by atoms with E-state index < -0.39 is 64.8 Å². The number of hydrogen-bond donors (Lipinski definition) is 4. The Balaban J connectivity index is 0.00000336. The van der Waals surface area contributed by atoms with Gasteiger partial charge < -0.3 is 19.9 Å². The first-order valence-corrected chi connectivity index (χ1v) is 19.8. The van der Waals surface area contributed by atoms with Crippen LogP contribution in [0.3, 0.4) is 0 Å². The van der Waals surface area contributed by atoms with Crippen molar-refractivity contribution >= 4 is 136 Å². The van der Waals surface area contributed by atoms with Crippen molar-refractivity contribution in [2.24, 2.45) is 10.2 Å². The number of phenolic OH excluding ortho intramolecular Hbond substituents is 1. The molecule has 1 amide bonds. The van der Waals surface area contributed by atoms with Crippen molar-refractivity contribution in [1.29, 1.82) is 0 Å². The Kier molecular flexibility index (Phi) is 15.6. The van der Waals surface area contributed by atoms with Crippen molar-refractivity contribution in [1.82, 2.24) is 0 Å². The van der Waals surface area contributed by atoms with Crippen LogP contribution in [0.4, 0.5) is 17.1 Å². The molecule has 2 radical (unpaired) electrons. The second kappa shape index (κ2) is 19.1. The second-order valence-corrected chi connectivity index (χ2v) is 15.8. The number of ether oxygens (including phenoxy) is 2. The molecular formula is C36H31Cl2N3Na2O10S2. The Bertz CT molecular complexity index is 2470. The number of carbonyl (C=O) groups excluding carboxylic acids is 1. The van der Waals surface area contributed by atoms with Gasteiger partial charge in [0.15, 0.2) is 18.1 Å². The first kappa shape index (κ1) is 44.9. The quantitative estimate of drug-likeness (QED) is 0.0565. The number of amides is 1. The van der Waals surface area contributed by atoms with E-state index in [1.807, 2.05) is 24.3 Å². The number of nitrogens with zero attached hydrogens (tertiary/aromatic N) is 2. The number of rotatable bonds is 11. The van der Waals surface area contributed by atoms with Crippen LogP contribution in [-0.4, -0.2) is 103 Å². The van der Waals surface area contributed by atoms with E-state index in [4.69, 9.17) is 32.7 Å². The number of benzene rings is 5. The summed E-state index contributed by atoms with van der Waals surface area (Å²) in [5.41, 5.74) is 0.280. The zero-order valence-corrected chi connectivity index (χ0v) is 36.7. The Morgan fingerprint density at radius 2 is 1.47 bits per heavy atom. The van der Waals surface area contributed by atoms with Gasteiger partial charge in [-0.1, -0.05) is 66.7 Å². The van der Waals surface area contributed by atoms with Gasteiger partial charge in [-0.3, -0.25) is 13.9 Å². The molecule has 0 saturated heterocycles. The number of azo groups is 1. The second-order valence-electron chi connectivity index (χ2n) is 12.1. The predicted octanol–water partition coefficient (Wildman–Crippen LogP) is 8.86. The number of para-hydroxylation sites is 1. The van der Waals surface area contributed by atoms with Crippen LogP contribution in [0.25, 0.3) is 10.8 Å². The molecule has 19 heteroatoms. The SMILES string of the molecule is O=C(COc1ccc(Cl)cc1Cl)Nc1ccc(S(=O)(=O)O)c2cc(S(=O)(=O)O)c(N=Nc3ccccc3Oc3ccc(C4CCCCC4)cc3)c(O)c12.[Na].[Na]. The number of carbonyl (C=O) groups is 1. The summed E-state index contributed by atoms with van der Waals surface area (Å²) in [6, 6.07) is 21.0. The Hall–Kier alpha value is -2.77. The maximum Gasteiger partial charge on any atom is 0.296 e. The van der Waals surface area contributed by atoms with E-state index in [0.717, 1.165) is 25.0 Å². The van der Waals surface area contributed by atoms with Gasteiger partial charge in [0.1, 0.15) is 32.7 Å². The van der Waals surface area contributed by atoms with E-state index in [9.17, 15) is 35.8 Å². The number of phenols is 1. The third-order valence-electron chi connectivity index (χ3n) is 8.57. The average molecular weight is 847 g/mol. The van der Waals surface area contributed by atoms with Crippen LogP contribution in [0.2, 0.25) is 10.0 Å². The molecule has 1 fully saturated rings. The van der Waals surface area contributed by atoms with E-state index in [2.05, 4.69) is 15.5 Å². The molecule has 0 heterocycles. The summed E-state index contributed by atoms with van der Waals surface area (Å²) >= 11 is 12.0. The standard InChI is InChI=1S/C36H31Cl2N3O10S2.2Na/c37-23-12-16-29(26(38)18-23)50-20-33(42)39-28-15-17-31(52(44,45)46)25-19-32(53(47,48)49)35(36(43)34(25)28)41-40-27-8-4-5-9-30(27)51-24-13-10-22(11-14-24)21-6-2-1-3-7-21;;/h4-5,8-19,21,43H,1-3,6-7,20H2,(H,39,42)(H,44,45,46)(H,47,48,49);;. The maximum absolute atomic E-state index is 13.0. The molecule has 1 aliphatic carbocycles. The number of hydrogen-bond acceptors (Lipinski definition) is 10. The van der Waals surface area contributed by atoms with Gasteiger partial charge in [-0.25, -0.2) is 0 Å². The summed E-state index contributed by atoms with van der Waals surface area (Å²) in [4.78, 5) is 11.1. The molecule has 278 valence electrons. The van der Waals surface area contributed by atoms with E-state index in [-0.39, 0.29) is 87.0 Å². The van der Waals surface area contributed by atoms with Gasteiger partial charge in [-0.2, -0.15) is 16.8 Å². The van der Waals surface area contributed by atoms with Crippen LogP contribution in [0, 0.1) is 0 Å². The van der Waals surface area contributed by atoms with E-state index in [0.29, 0.717) is 22.8 Å². The smallest absolute Gasteiger partial charge is 0.296 e. The van der Waals surface area contributed by atoms with Gasteiger partial charge in [-0.15, -0.1) is 10.2 Å². The number of aromatic hydroxyl groups is 1. The van der Waals surface area contributed by atoms with Crippen LogP contribution in [0.5, 0.6) is 23.0 Å². The Labute approximate surface area is 371 Å². The van der Waals surface area contributed by atoms with Crippen molar-refractivity contribution in [3.05, 3.63) is 101 Å². The molecule has 6 rings (SSSR count). The van der Waals surface area contributed by atoms with Gasteiger partial charge in [0.05, 0.1) is 16.1 Å². The van der Waals surface area contributed by atoms with Crippen molar-refractivity contribution in [2.45, 2.75) is 47.8 Å². The van der Waals surface area contributed by atoms with Gasteiger partial charge in [-0.05, 0) is 85.0 Å². The maximum atomic E-state index is 13.0. The van der Waals surface area contributed by atoms with Crippen molar-refractivity contribution < 1.29 is 45.3 Å². The van der Waals surface area contributed by atoms with Crippen molar-refractivity contribution in [3.8, 4) is 23.0 Å². The van der Waals surface area contributed by atoms with E-state index in [1.54, 1.807) is 18.2 Å². The molecule has 1 aliphatic rings. The number of nitrogens with one attached hydrogen (secondary N) is 1. The summed E-state index contributed by atoms with van der Waals surface area (Å²) in [6.07, 6.45) is 5.90. The van der Waals surface area contributed by atoms with Gasteiger partial charge in [0.25, 0.3) is 26.1 Å². The van der Waals surface area contributed by atoms with Gasteiger partial charge in [0, 0.05) is 69.5 Å². The summed E-state index contributed by atoms with van der Waals surface area (Å²) in [5, 5.41) is 21.5. The molecule has 0 atom stereocenters. The Morgan fingerprint density at radius 3 is 2.13 bits per heavy atom. The minimum atomic E-state index is -5.22. The third kappa shape index (κ3) is 11.0. The van der Waals surface area contributed by atoms with Gasteiger partial charge in [0.2, 0.25) is 0 Å². The zero-order chi connectivity index (χ0) is 37.9. The van der Waals surface area contributed by atoms with Crippen LogP contribution in [0.15, 0.2) is 105 Å². The molecule has 0 spiro atoms. The van der Waals surface area contributed by atoms with Crippen LogP contribution < -0.4 is 14.8 Å². The number of anilines is 1. The minimum absolute atomic E-state index is 0.